The fourth-order valence-corrected chi connectivity index (χ4v) is 3.28. The summed E-state index contributed by atoms with van der Waals surface area (Å²) in [5.41, 5.74) is 1.23. The first-order chi connectivity index (χ1) is 10.5. The molecule has 1 aromatic heterocycles. The molecule has 0 bridgehead atoms. The number of aromatic nitrogens is 2. The number of fused-ring (bicyclic) bond motifs is 1. The van der Waals surface area contributed by atoms with E-state index in [1.54, 1.807) is 19.0 Å². The number of nitrogens with zero attached hydrogens (tertiary/aromatic N) is 5. The maximum Gasteiger partial charge on any atom is 0.236 e. The van der Waals surface area contributed by atoms with Crippen LogP contribution in [0, 0.1) is 0 Å². The minimum absolute atomic E-state index is 0.150. The molecule has 0 radical (unpaired) electrons. The second-order valence-corrected chi connectivity index (χ2v) is 6.45. The van der Waals surface area contributed by atoms with Gasteiger partial charge >= 0.3 is 0 Å². The van der Waals surface area contributed by atoms with E-state index in [4.69, 9.17) is 4.74 Å². The maximum absolute atomic E-state index is 11.9. The average Bonchev–Trinajstić information content (AvgIpc) is 3.05. The van der Waals surface area contributed by atoms with Crippen LogP contribution in [0.2, 0.25) is 0 Å². The van der Waals surface area contributed by atoms with Crippen LogP contribution in [0.4, 0.5) is 0 Å². The topological polar surface area (TPSA) is 53.8 Å². The van der Waals surface area contributed by atoms with Gasteiger partial charge in [0.25, 0.3) is 0 Å². The first-order valence-corrected chi connectivity index (χ1v) is 7.78. The van der Waals surface area contributed by atoms with Crippen LogP contribution in [0.3, 0.4) is 0 Å². The SMILES string of the molecule is CN(C)C(=O)CN1C[C@@H]2OCCN(Cc3cnn(C)c3)[C@@H]2C1. The highest BCUT2D eigenvalue weighted by Gasteiger charge is 2.40. The molecule has 2 saturated heterocycles. The number of rotatable bonds is 4. The number of hydrogen-bond donors (Lipinski definition) is 0. The van der Waals surface area contributed by atoms with Crippen LogP contribution in [-0.4, -0.2) is 89.4 Å². The van der Waals surface area contributed by atoms with E-state index in [9.17, 15) is 4.79 Å². The molecule has 2 atom stereocenters. The van der Waals surface area contributed by atoms with Crippen LogP contribution in [-0.2, 0) is 23.1 Å². The highest BCUT2D eigenvalue weighted by Crippen LogP contribution is 2.24. The summed E-state index contributed by atoms with van der Waals surface area (Å²) in [6.07, 6.45) is 4.19. The Labute approximate surface area is 131 Å². The second kappa shape index (κ2) is 6.36. The summed E-state index contributed by atoms with van der Waals surface area (Å²) >= 11 is 0. The van der Waals surface area contributed by atoms with E-state index in [0.717, 1.165) is 32.8 Å². The van der Waals surface area contributed by atoms with Gasteiger partial charge in [-0.2, -0.15) is 5.10 Å². The third kappa shape index (κ3) is 3.31. The van der Waals surface area contributed by atoms with Crippen molar-refractivity contribution < 1.29 is 9.53 Å². The van der Waals surface area contributed by atoms with Crippen LogP contribution in [0.1, 0.15) is 5.56 Å². The smallest absolute Gasteiger partial charge is 0.236 e. The second-order valence-electron chi connectivity index (χ2n) is 6.45. The van der Waals surface area contributed by atoms with Crippen molar-refractivity contribution >= 4 is 5.91 Å². The molecule has 0 aliphatic carbocycles. The zero-order valence-electron chi connectivity index (χ0n) is 13.6. The Morgan fingerprint density at radius 1 is 1.45 bits per heavy atom. The number of aryl methyl sites for hydroxylation is 1. The van der Waals surface area contributed by atoms with Crippen molar-refractivity contribution in [3.05, 3.63) is 18.0 Å². The van der Waals surface area contributed by atoms with Gasteiger partial charge < -0.3 is 9.64 Å². The largest absolute Gasteiger partial charge is 0.374 e. The molecule has 7 nitrogen and oxygen atoms in total. The van der Waals surface area contributed by atoms with Crippen molar-refractivity contribution in [2.75, 3.05) is 46.9 Å². The maximum atomic E-state index is 11.9. The lowest BCUT2D eigenvalue weighted by Gasteiger charge is -2.36. The van der Waals surface area contributed by atoms with E-state index in [-0.39, 0.29) is 12.0 Å². The van der Waals surface area contributed by atoms with Crippen molar-refractivity contribution in [1.29, 1.82) is 0 Å². The van der Waals surface area contributed by atoms with Crippen LogP contribution >= 0.6 is 0 Å². The van der Waals surface area contributed by atoms with E-state index in [2.05, 4.69) is 21.1 Å². The first kappa shape index (κ1) is 15.5. The first-order valence-electron chi connectivity index (χ1n) is 7.78. The number of carbonyl (C=O) groups is 1. The van der Waals surface area contributed by atoms with Gasteiger partial charge in [-0.3, -0.25) is 19.3 Å². The minimum atomic E-state index is 0.150. The molecule has 0 aromatic carbocycles. The number of ether oxygens (including phenoxy) is 1. The summed E-state index contributed by atoms with van der Waals surface area (Å²) in [6.45, 7) is 4.80. The third-order valence-corrected chi connectivity index (χ3v) is 4.49. The highest BCUT2D eigenvalue weighted by atomic mass is 16.5. The molecule has 22 heavy (non-hydrogen) atoms. The summed E-state index contributed by atoms with van der Waals surface area (Å²) in [7, 11) is 5.54. The molecule has 3 rings (SSSR count). The van der Waals surface area contributed by atoms with Crippen molar-refractivity contribution in [3.8, 4) is 0 Å². The monoisotopic (exact) mass is 307 g/mol. The normalized spacial score (nSPS) is 26.1. The summed E-state index contributed by atoms with van der Waals surface area (Å²) in [4.78, 5) is 18.2. The Morgan fingerprint density at radius 3 is 2.95 bits per heavy atom. The van der Waals surface area contributed by atoms with E-state index in [1.807, 2.05) is 17.9 Å². The van der Waals surface area contributed by atoms with Gasteiger partial charge in [-0.25, -0.2) is 0 Å². The van der Waals surface area contributed by atoms with Gasteiger partial charge in [0.15, 0.2) is 0 Å². The Bertz CT molecular complexity index is 530. The molecule has 7 heteroatoms. The van der Waals surface area contributed by atoms with E-state index in [0.29, 0.717) is 12.6 Å². The number of hydrogen-bond acceptors (Lipinski definition) is 5. The molecule has 1 amide bonds. The zero-order valence-corrected chi connectivity index (χ0v) is 13.6. The van der Waals surface area contributed by atoms with E-state index in [1.165, 1.54) is 5.56 Å². The van der Waals surface area contributed by atoms with Crippen molar-refractivity contribution in [2.45, 2.75) is 18.7 Å². The average molecular weight is 307 g/mol. The predicted molar refractivity (Wildman–Crippen MR) is 82.3 cm³/mol. The standard InChI is InChI=1S/C15H25N5O2/c1-17(2)15(21)11-19-9-13-14(10-19)22-5-4-20(13)8-12-6-16-18(3)7-12/h6-7,13-14H,4-5,8-11H2,1-3H3/t13-,14+/m1/s1. The molecule has 2 aliphatic heterocycles. The van der Waals surface area contributed by atoms with Gasteiger partial charge in [0, 0.05) is 59.1 Å². The van der Waals surface area contributed by atoms with Crippen molar-refractivity contribution in [3.63, 3.8) is 0 Å². The van der Waals surface area contributed by atoms with Crippen LogP contribution < -0.4 is 0 Å². The third-order valence-electron chi connectivity index (χ3n) is 4.49. The summed E-state index contributed by atoms with van der Waals surface area (Å²) in [5, 5.41) is 4.24. The molecular weight excluding hydrogens is 282 g/mol. The van der Waals surface area contributed by atoms with Crippen LogP contribution in [0.5, 0.6) is 0 Å². The van der Waals surface area contributed by atoms with Crippen molar-refractivity contribution in [1.82, 2.24) is 24.5 Å². The Kier molecular flexibility index (Phi) is 4.46. The quantitative estimate of drug-likeness (QED) is 0.743. The van der Waals surface area contributed by atoms with Crippen LogP contribution in [0.25, 0.3) is 0 Å². The fraction of sp³-hybridized carbons (Fsp3) is 0.733. The van der Waals surface area contributed by atoms with Gasteiger partial charge in [0.05, 0.1) is 31.5 Å². The molecule has 3 heterocycles. The lowest BCUT2D eigenvalue weighted by molar-refractivity contribution is -0.129. The molecule has 0 unspecified atom stereocenters. The van der Waals surface area contributed by atoms with Gasteiger partial charge in [0.1, 0.15) is 0 Å². The molecule has 1 aromatic rings. The molecule has 2 aliphatic rings. The summed E-state index contributed by atoms with van der Waals surface area (Å²) in [5.74, 6) is 0.150. The Hall–Kier alpha value is -1.44. The minimum Gasteiger partial charge on any atom is -0.374 e. The van der Waals surface area contributed by atoms with Gasteiger partial charge in [-0.05, 0) is 0 Å². The Morgan fingerprint density at radius 2 is 2.27 bits per heavy atom. The lowest BCUT2D eigenvalue weighted by atomic mass is 10.1. The molecule has 0 spiro atoms. The van der Waals surface area contributed by atoms with E-state index >= 15 is 0 Å². The fourth-order valence-electron chi connectivity index (χ4n) is 3.28. The molecule has 0 N–H and O–H groups in total. The number of morpholine rings is 1. The number of amides is 1. The number of likely N-dealkylation sites (tertiary alicyclic amines) is 1. The molecule has 122 valence electrons. The molecule has 2 fully saturated rings. The van der Waals surface area contributed by atoms with Gasteiger partial charge in [0.2, 0.25) is 5.91 Å². The summed E-state index contributed by atoms with van der Waals surface area (Å²) < 4.78 is 7.76. The van der Waals surface area contributed by atoms with E-state index < -0.39 is 0 Å². The predicted octanol–water partition coefficient (Wildman–Crippen LogP) is -0.607. The Balaban J connectivity index is 1.61. The number of carbonyl (C=O) groups excluding carboxylic acids is 1. The van der Waals surface area contributed by atoms with Crippen LogP contribution in [0.15, 0.2) is 12.4 Å². The number of likely N-dealkylation sites (N-methyl/N-ethyl adjacent to an activating group) is 1. The van der Waals surface area contributed by atoms with Gasteiger partial charge in [-0.15, -0.1) is 0 Å². The van der Waals surface area contributed by atoms with Gasteiger partial charge in [-0.1, -0.05) is 0 Å². The zero-order chi connectivity index (χ0) is 15.7. The summed E-state index contributed by atoms with van der Waals surface area (Å²) in [6, 6.07) is 0.365. The molecule has 0 saturated carbocycles. The lowest BCUT2D eigenvalue weighted by Crippen LogP contribution is -2.50. The molecular formula is C15H25N5O2. The van der Waals surface area contributed by atoms with Crippen molar-refractivity contribution in [2.24, 2.45) is 7.05 Å². The highest BCUT2D eigenvalue weighted by molar-refractivity contribution is 5.77.